The summed E-state index contributed by atoms with van der Waals surface area (Å²) in [6, 6.07) is 11.9. The van der Waals surface area contributed by atoms with Crippen molar-refractivity contribution in [1.29, 1.82) is 0 Å². The van der Waals surface area contributed by atoms with E-state index in [-0.39, 0.29) is 5.56 Å². The van der Waals surface area contributed by atoms with Gasteiger partial charge in [0.05, 0.1) is 17.6 Å². The normalized spacial score (nSPS) is 11.1. The topological polar surface area (TPSA) is 58.6 Å². The highest BCUT2D eigenvalue weighted by Crippen LogP contribution is 2.23. The Bertz CT molecular complexity index is 985. The minimum absolute atomic E-state index is 0.0742. The first-order valence-electron chi connectivity index (χ1n) is 6.76. The minimum atomic E-state index is -0.0742. The number of thiazole rings is 1. The first-order valence-corrected chi connectivity index (χ1v) is 8.52. The quantitative estimate of drug-likeness (QED) is 0.625. The first-order chi connectivity index (χ1) is 10.8. The third-order valence-electron chi connectivity index (χ3n) is 3.30. The largest absolute Gasteiger partial charge is 0.309 e. The number of hydrogen-bond acceptors (Lipinski definition) is 5. The fourth-order valence-corrected chi connectivity index (χ4v) is 3.82. The second-order valence-corrected chi connectivity index (χ2v) is 6.68. The molecule has 0 fully saturated rings. The van der Waals surface area contributed by atoms with Gasteiger partial charge in [-0.25, -0.2) is 9.97 Å². The van der Waals surface area contributed by atoms with Gasteiger partial charge in [-0.05, 0) is 11.4 Å². The molecule has 4 rings (SSSR count). The summed E-state index contributed by atoms with van der Waals surface area (Å²) >= 11 is 2.99. The van der Waals surface area contributed by atoms with Gasteiger partial charge in [-0.1, -0.05) is 30.3 Å². The van der Waals surface area contributed by atoms with E-state index >= 15 is 0 Å². The minimum Gasteiger partial charge on any atom is -0.309 e. The maximum Gasteiger partial charge on any atom is 0.268 e. The Labute approximate surface area is 134 Å². The van der Waals surface area contributed by atoms with Crippen LogP contribution < -0.4 is 5.56 Å². The fraction of sp³-hybridized carbons (Fsp3) is 0.0625. The Kier molecular flexibility index (Phi) is 3.32. The molecule has 108 valence electrons. The molecule has 0 atom stereocenters. The predicted molar refractivity (Wildman–Crippen MR) is 90.6 cm³/mol. The van der Waals surface area contributed by atoms with Gasteiger partial charge in [0.25, 0.3) is 5.56 Å². The molecule has 4 nitrogen and oxygen atoms in total. The van der Waals surface area contributed by atoms with E-state index in [0.717, 1.165) is 21.8 Å². The summed E-state index contributed by atoms with van der Waals surface area (Å²) in [5.41, 5.74) is 2.73. The van der Waals surface area contributed by atoms with E-state index in [9.17, 15) is 4.79 Å². The van der Waals surface area contributed by atoms with Crippen LogP contribution in [0.25, 0.3) is 21.5 Å². The molecule has 0 aliphatic carbocycles. The Morgan fingerprint density at radius 1 is 1.05 bits per heavy atom. The smallest absolute Gasteiger partial charge is 0.268 e. The second-order valence-electron chi connectivity index (χ2n) is 4.82. The Morgan fingerprint density at radius 3 is 2.77 bits per heavy atom. The summed E-state index contributed by atoms with van der Waals surface area (Å²) in [6.45, 7) is 0. The molecule has 1 aromatic carbocycles. The molecule has 0 bridgehead atoms. The van der Waals surface area contributed by atoms with Gasteiger partial charge >= 0.3 is 0 Å². The van der Waals surface area contributed by atoms with Crippen LogP contribution in [0.5, 0.6) is 0 Å². The number of aromatic amines is 1. The zero-order valence-electron chi connectivity index (χ0n) is 11.4. The zero-order valence-corrected chi connectivity index (χ0v) is 13.1. The monoisotopic (exact) mass is 325 g/mol. The number of rotatable bonds is 3. The van der Waals surface area contributed by atoms with Crippen LogP contribution in [0.3, 0.4) is 0 Å². The average molecular weight is 325 g/mol. The maximum absolute atomic E-state index is 12.0. The molecular formula is C16H11N3OS2. The van der Waals surface area contributed by atoms with Gasteiger partial charge in [0.1, 0.15) is 15.5 Å². The SMILES string of the molecule is O=c1[nH]c(Cc2nc(-c3ccccc3)cs2)nc2ccsc12. The number of nitrogens with zero attached hydrogens (tertiary/aromatic N) is 2. The molecule has 3 heterocycles. The maximum atomic E-state index is 12.0. The highest BCUT2D eigenvalue weighted by Gasteiger charge is 2.09. The van der Waals surface area contributed by atoms with E-state index in [1.54, 1.807) is 11.3 Å². The highest BCUT2D eigenvalue weighted by atomic mass is 32.1. The molecule has 1 N–H and O–H groups in total. The molecule has 0 saturated heterocycles. The van der Waals surface area contributed by atoms with Gasteiger partial charge in [0.15, 0.2) is 0 Å². The average Bonchev–Trinajstić information content (AvgIpc) is 3.17. The Morgan fingerprint density at radius 2 is 1.91 bits per heavy atom. The van der Waals surface area contributed by atoms with Crippen molar-refractivity contribution < 1.29 is 0 Å². The van der Waals surface area contributed by atoms with E-state index in [4.69, 9.17) is 0 Å². The lowest BCUT2D eigenvalue weighted by atomic mass is 10.2. The van der Waals surface area contributed by atoms with Crippen LogP contribution in [0.1, 0.15) is 10.8 Å². The van der Waals surface area contributed by atoms with E-state index in [1.807, 2.05) is 47.2 Å². The van der Waals surface area contributed by atoms with Crippen LogP contribution in [0.2, 0.25) is 0 Å². The van der Waals surface area contributed by atoms with Gasteiger partial charge in [0, 0.05) is 10.9 Å². The molecular weight excluding hydrogens is 314 g/mol. The Balaban J connectivity index is 1.65. The number of nitrogens with one attached hydrogen (secondary N) is 1. The van der Waals surface area contributed by atoms with E-state index in [2.05, 4.69) is 15.0 Å². The van der Waals surface area contributed by atoms with Crippen LogP contribution in [0.15, 0.2) is 52.0 Å². The second kappa shape index (κ2) is 5.47. The summed E-state index contributed by atoms with van der Waals surface area (Å²) in [5, 5.41) is 4.86. The van der Waals surface area contributed by atoms with Crippen LogP contribution in [-0.4, -0.2) is 15.0 Å². The van der Waals surface area contributed by atoms with Gasteiger partial charge in [0.2, 0.25) is 0 Å². The lowest BCUT2D eigenvalue weighted by Gasteiger charge is -1.98. The van der Waals surface area contributed by atoms with E-state index < -0.39 is 0 Å². The lowest BCUT2D eigenvalue weighted by Crippen LogP contribution is -2.10. The van der Waals surface area contributed by atoms with Crippen molar-refractivity contribution >= 4 is 32.9 Å². The molecule has 0 aliphatic heterocycles. The van der Waals surface area contributed by atoms with Crippen LogP contribution in [-0.2, 0) is 6.42 Å². The summed E-state index contributed by atoms with van der Waals surface area (Å²) in [4.78, 5) is 23.9. The van der Waals surface area contributed by atoms with Crippen molar-refractivity contribution in [2.75, 3.05) is 0 Å². The van der Waals surface area contributed by atoms with E-state index in [0.29, 0.717) is 16.9 Å². The third-order valence-corrected chi connectivity index (χ3v) is 5.06. The molecule has 22 heavy (non-hydrogen) atoms. The zero-order chi connectivity index (χ0) is 14.9. The molecule has 0 spiro atoms. The van der Waals surface area contributed by atoms with Crippen molar-refractivity contribution in [3.8, 4) is 11.3 Å². The van der Waals surface area contributed by atoms with Gasteiger partial charge < -0.3 is 4.98 Å². The Hall–Kier alpha value is -2.31. The standard InChI is InChI=1S/C16H11N3OS2/c20-16-15-11(6-7-21-15)17-13(19-16)8-14-18-12(9-22-14)10-4-2-1-3-5-10/h1-7,9H,8H2,(H,17,19,20). The highest BCUT2D eigenvalue weighted by molar-refractivity contribution is 7.17. The molecule has 4 aromatic rings. The van der Waals surface area contributed by atoms with Crippen molar-refractivity contribution in [2.24, 2.45) is 0 Å². The van der Waals surface area contributed by atoms with Crippen LogP contribution in [0.4, 0.5) is 0 Å². The number of H-pyrrole nitrogens is 1. The predicted octanol–water partition coefficient (Wildman–Crippen LogP) is 3.70. The van der Waals surface area contributed by atoms with Crippen LogP contribution >= 0.6 is 22.7 Å². The van der Waals surface area contributed by atoms with Crippen molar-refractivity contribution in [3.05, 3.63) is 68.3 Å². The number of fused-ring (bicyclic) bond motifs is 1. The molecule has 0 amide bonds. The summed E-state index contributed by atoms with van der Waals surface area (Å²) in [7, 11) is 0. The molecule has 0 unspecified atom stereocenters. The summed E-state index contributed by atoms with van der Waals surface area (Å²) < 4.78 is 0.674. The number of thiophene rings is 1. The molecule has 3 aromatic heterocycles. The molecule has 0 saturated carbocycles. The fourth-order valence-electron chi connectivity index (χ4n) is 2.28. The molecule has 0 aliphatic rings. The molecule has 6 heteroatoms. The van der Waals surface area contributed by atoms with E-state index in [1.165, 1.54) is 11.3 Å². The number of benzene rings is 1. The summed E-state index contributed by atoms with van der Waals surface area (Å²) in [5.74, 6) is 0.657. The van der Waals surface area contributed by atoms with Crippen molar-refractivity contribution in [3.63, 3.8) is 0 Å². The van der Waals surface area contributed by atoms with Gasteiger partial charge in [-0.2, -0.15) is 0 Å². The van der Waals surface area contributed by atoms with Crippen LogP contribution in [0, 0.1) is 0 Å². The van der Waals surface area contributed by atoms with Crippen molar-refractivity contribution in [1.82, 2.24) is 15.0 Å². The lowest BCUT2D eigenvalue weighted by molar-refractivity contribution is 0.965. The molecule has 0 radical (unpaired) electrons. The number of aromatic nitrogens is 3. The third kappa shape index (κ3) is 2.47. The van der Waals surface area contributed by atoms with Gasteiger partial charge in [-0.3, -0.25) is 4.79 Å². The van der Waals surface area contributed by atoms with Crippen molar-refractivity contribution in [2.45, 2.75) is 6.42 Å². The summed E-state index contributed by atoms with van der Waals surface area (Å²) in [6.07, 6.45) is 0.540. The number of hydrogen-bond donors (Lipinski definition) is 1. The first kappa shape index (κ1) is 13.4. The van der Waals surface area contributed by atoms with Gasteiger partial charge in [-0.15, -0.1) is 22.7 Å².